The third-order valence-corrected chi connectivity index (χ3v) is 2.94. The van der Waals surface area contributed by atoms with Crippen molar-refractivity contribution in [3.63, 3.8) is 0 Å². The highest BCUT2D eigenvalue weighted by Gasteiger charge is 2.09. The van der Waals surface area contributed by atoms with E-state index in [0.29, 0.717) is 6.54 Å². The maximum Gasteiger partial charge on any atom is 0.249 e. The van der Waals surface area contributed by atoms with E-state index < -0.39 is 0 Å². The van der Waals surface area contributed by atoms with E-state index in [9.17, 15) is 4.79 Å². The Morgan fingerprint density at radius 2 is 1.89 bits per heavy atom. The predicted octanol–water partition coefficient (Wildman–Crippen LogP) is 2.11. The lowest BCUT2D eigenvalue weighted by atomic mass is 10.1. The number of carbonyl (C=O) groups is 1. The van der Waals surface area contributed by atoms with Gasteiger partial charge in [-0.1, -0.05) is 30.3 Å². The zero-order valence-corrected chi connectivity index (χ0v) is 9.86. The molecular formula is C15H13N2O+. The van der Waals surface area contributed by atoms with Crippen molar-refractivity contribution in [3.05, 3.63) is 72.8 Å². The van der Waals surface area contributed by atoms with E-state index in [-0.39, 0.29) is 5.78 Å². The van der Waals surface area contributed by atoms with E-state index >= 15 is 0 Å². The fraction of sp³-hybridized carbons (Fsp3) is 0.0667. The van der Waals surface area contributed by atoms with E-state index in [1.807, 2.05) is 76.2 Å². The highest BCUT2D eigenvalue weighted by atomic mass is 16.1. The van der Waals surface area contributed by atoms with Crippen molar-refractivity contribution in [1.29, 1.82) is 0 Å². The van der Waals surface area contributed by atoms with Crippen LogP contribution < -0.4 is 4.57 Å². The number of benzene rings is 1. The number of carbonyl (C=O) groups excluding carboxylic acids is 1. The molecular weight excluding hydrogens is 224 g/mol. The average molecular weight is 237 g/mol. The lowest BCUT2D eigenvalue weighted by Crippen LogP contribution is -2.38. The van der Waals surface area contributed by atoms with Gasteiger partial charge < -0.3 is 0 Å². The first-order valence-corrected chi connectivity index (χ1v) is 5.87. The molecule has 0 fully saturated rings. The Morgan fingerprint density at radius 3 is 2.72 bits per heavy atom. The number of rotatable bonds is 3. The van der Waals surface area contributed by atoms with Gasteiger partial charge >= 0.3 is 0 Å². The molecule has 0 bridgehead atoms. The molecule has 2 heterocycles. The number of fused-ring (bicyclic) bond motifs is 1. The molecule has 3 aromatic rings. The number of hydrogen-bond donors (Lipinski definition) is 0. The third kappa shape index (κ3) is 2.02. The molecule has 0 saturated carbocycles. The van der Waals surface area contributed by atoms with Crippen LogP contribution in [0.25, 0.3) is 5.52 Å². The SMILES string of the molecule is O=C(C[n+]1ccc2cccn2c1)c1ccccc1. The second-order valence-corrected chi connectivity index (χ2v) is 4.23. The van der Waals surface area contributed by atoms with Crippen molar-refractivity contribution in [3.8, 4) is 0 Å². The molecule has 0 N–H and O–H groups in total. The molecule has 1 aromatic carbocycles. The topological polar surface area (TPSA) is 25.4 Å². The van der Waals surface area contributed by atoms with E-state index in [1.165, 1.54) is 0 Å². The van der Waals surface area contributed by atoms with Crippen LogP contribution in [0.15, 0.2) is 67.3 Å². The number of nitrogens with zero attached hydrogens (tertiary/aromatic N) is 2. The Bertz CT molecular complexity index is 686. The van der Waals surface area contributed by atoms with E-state index in [1.54, 1.807) is 0 Å². The van der Waals surface area contributed by atoms with E-state index in [2.05, 4.69) is 0 Å². The predicted molar refractivity (Wildman–Crippen MR) is 68.4 cm³/mol. The summed E-state index contributed by atoms with van der Waals surface area (Å²) in [5, 5.41) is 0. The van der Waals surface area contributed by atoms with Crippen molar-refractivity contribution >= 4 is 11.3 Å². The molecule has 18 heavy (non-hydrogen) atoms. The molecule has 2 aromatic heterocycles. The fourth-order valence-corrected chi connectivity index (χ4v) is 2.00. The molecule has 0 spiro atoms. The zero-order chi connectivity index (χ0) is 12.4. The molecule has 3 nitrogen and oxygen atoms in total. The summed E-state index contributed by atoms with van der Waals surface area (Å²) in [5.74, 6) is 0.118. The third-order valence-electron chi connectivity index (χ3n) is 2.94. The Balaban J connectivity index is 1.86. The summed E-state index contributed by atoms with van der Waals surface area (Å²) in [5.41, 5.74) is 1.87. The molecule has 0 unspecified atom stereocenters. The molecule has 0 atom stereocenters. The van der Waals surface area contributed by atoms with Crippen LogP contribution in [0, 0.1) is 0 Å². The van der Waals surface area contributed by atoms with Crippen LogP contribution in [-0.2, 0) is 6.54 Å². The van der Waals surface area contributed by atoms with Gasteiger partial charge in [-0.25, -0.2) is 8.97 Å². The molecule has 0 aliphatic heterocycles. The van der Waals surface area contributed by atoms with Gasteiger partial charge in [0.1, 0.15) is 5.52 Å². The van der Waals surface area contributed by atoms with Crippen molar-refractivity contribution in [2.75, 3.05) is 0 Å². The summed E-state index contributed by atoms with van der Waals surface area (Å²) in [6.07, 6.45) is 5.82. The Labute approximate surface area is 105 Å². The monoisotopic (exact) mass is 237 g/mol. The quantitative estimate of drug-likeness (QED) is 0.506. The summed E-state index contributed by atoms with van der Waals surface area (Å²) in [6, 6.07) is 15.4. The second-order valence-electron chi connectivity index (χ2n) is 4.23. The second kappa shape index (κ2) is 4.45. The van der Waals surface area contributed by atoms with Crippen LogP contribution >= 0.6 is 0 Å². The first kappa shape index (κ1) is 10.7. The summed E-state index contributed by atoms with van der Waals surface area (Å²) in [7, 11) is 0. The maximum atomic E-state index is 12.1. The number of hydrogen-bond acceptors (Lipinski definition) is 1. The van der Waals surface area contributed by atoms with Crippen LogP contribution in [0.5, 0.6) is 0 Å². The molecule has 3 heteroatoms. The molecule has 3 rings (SSSR count). The molecule has 0 aliphatic carbocycles. The van der Waals surface area contributed by atoms with E-state index in [0.717, 1.165) is 11.1 Å². The Kier molecular flexibility index (Phi) is 2.65. The first-order valence-electron chi connectivity index (χ1n) is 5.87. The van der Waals surface area contributed by atoms with Crippen molar-refractivity contribution < 1.29 is 9.36 Å². The highest BCUT2D eigenvalue weighted by molar-refractivity contribution is 5.94. The number of ketones is 1. The van der Waals surface area contributed by atoms with Gasteiger partial charge in [0.15, 0.2) is 6.54 Å². The fourth-order valence-electron chi connectivity index (χ4n) is 2.00. The summed E-state index contributed by atoms with van der Waals surface area (Å²) in [4.78, 5) is 12.1. The Morgan fingerprint density at radius 1 is 1.06 bits per heavy atom. The average Bonchev–Trinajstić information content (AvgIpc) is 2.87. The van der Waals surface area contributed by atoms with Crippen LogP contribution in [0.3, 0.4) is 0 Å². The van der Waals surface area contributed by atoms with Crippen molar-refractivity contribution in [2.24, 2.45) is 0 Å². The molecule has 0 amide bonds. The van der Waals surface area contributed by atoms with Crippen molar-refractivity contribution in [1.82, 2.24) is 4.40 Å². The summed E-state index contributed by atoms with van der Waals surface area (Å²) < 4.78 is 3.89. The van der Waals surface area contributed by atoms with Crippen LogP contribution in [0.2, 0.25) is 0 Å². The standard InChI is InChI=1S/C15H13N2O/c18-15(13-5-2-1-3-6-13)11-16-10-8-14-7-4-9-17(14)12-16/h1-10,12H,11H2/q+1. The first-order chi connectivity index (χ1) is 8.83. The van der Waals surface area contributed by atoms with Crippen LogP contribution in [0.1, 0.15) is 10.4 Å². The molecule has 88 valence electrons. The normalized spacial score (nSPS) is 10.7. The largest absolute Gasteiger partial charge is 0.290 e. The zero-order valence-electron chi connectivity index (χ0n) is 9.86. The van der Waals surface area contributed by atoms with Crippen molar-refractivity contribution in [2.45, 2.75) is 6.54 Å². The van der Waals surface area contributed by atoms with Crippen LogP contribution in [0.4, 0.5) is 0 Å². The minimum atomic E-state index is 0.118. The minimum Gasteiger partial charge on any atom is -0.290 e. The van der Waals surface area contributed by atoms with Gasteiger partial charge in [0.05, 0.1) is 12.4 Å². The summed E-state index contributed by atoms with van der Waals surface area (Å²) in [6.45, 7) is 0.359. The van der Waals surface area contributed by atoms with Gasteiger partial charge in [-0.05, 0) is 12.1 Å². The summed E-state index contributed by atoms with van der Waals surface area (Å²) >= 11 is 0. The van der Waals surface area contributed by atoms with Gasteiger partial charge in [0.2, 0.25) is 12.1 Å². The van der Waals surface area contributed by atoms with Gasteiger partial charge in [-0.2, -0.15) is 0 Å². The van der Waals surface area contributed by atoms with Crippen LogP contribution in [-0.4, -0.2) is 10.2 Å². The molecule has 0 aliphatic rings. The van der Waals surface area contributed by atoms with Gasteiger partial charge in [0, 0.05) is 11.6 Å². The highest BCUT2D eigenvalue weighted by Crippen LogP contribution is 2.02. The lowest BCUT2D eigenvalue weighted by Gasteiger charge is -2.00. The maximum absolute atomic E-state index is 12.1. The number of aromatic nitrogens is 2. The van der Waals surface area contributed by atoms with Gasteiger partial charge in [0.25, 0.3) is 0 Å². The van der Waals surface area contributed by atoms with E-state index in [4.69, 9.17) is 0 Å². The number of Topliss-reactive ketones (excluding diaryl/α,β-unsaturated/α-hetero) is 1. The van der Waals surface area contributed by atoms with Gasteiger partial charge in [-0.15, -0.1) is 0 Å². The lowest BCUT2D eigenvalue weighted by molar-refractivity contribution is -0.686. The minimum absolute atomic E-state index is 0.118. The molecule has 0 saturated heterocycles. The Hall–Kier alpha value is -2.42. The van der Waals surface area contributed by atoms with Gasteiger partial charge in [-0.3, -0.25) is 4.79 Å². The smallest absolute Gasteiger partial charge is 0.249 e. The molecule has 0 radical (unpaired) electrons.